The Hall–Kier alpha value is -3.06. The number of aromatic nitrogens is 3. The fourth-order valence-electron chi connectivity index (χ4n) is 7.49. The molecule has 8 heteroatoms. The van der Waals surface area contributed by atoms with Crippen LogP contribution in [0.2, 0.25) is 5.28 Å². The van der Waals surface area contributed by atoms with E-state index in [1.807, 2.05) is 41.1 Å². The lowest BCUT2D eigenvalue weighted by molar-refractivity contribution is -0.150. The van der Waals surface area contributed by atoms with E-state index in [-0.39, 0.29) is 16.7 Å². The van der Waals surface area contributed by atoms with Crippen molar-refractivity contribution in [3.63, 3.8) is 0 Å². The average Bonchev–Trinajstić information content (AvgIpc) is 3.41. The predicted octanol–water partition coefficient (Wildman–Crippen LogP) is 5.77. The first-order chi connectivity index (χ1) is 16.5. The van der Waals surface area contributed by atoms with Crippen LogP contribution in [0.25, 0.3) is 21.9 Å². The fourth-order valence-corrected chi connectivity index (χ4v) is 7.62. The van der Waals surface area contributed by atoms with Crippen molar-refractivity contribution in [2.24, 2.45) is 17.3 Å². The van der Waals surface area contributed by atoms with Gasteiger partial charge in [0.25, 0.3) is 0 Å². The number of methoxy groups -OCH3 is 1. The van der Waals surface area contributed by atoms with E-state index in [0.717, 1.165) is 54.0 Å². The highest BCUT2D eigenvalue weighted by atomic mass is 35.5. The first kappa shape index (κ1) is 20.3. The number of para-hydroxylation sites is 1. The second-order valence-corrected chi connectivity index (χ2v) is 10.9. The molecule has 4 fully saturated rings. The predicted molar refractivity (Wildman–Crippen MR) is 129 cm³/mol. The summed E-state index contributed by atoms with van der Waals surface area (Å²) in [6, 6.07) is 11.8. The smallest absolute Gasteiger partial charge is 0.242 e. The largest absolute Gasteiger partial charge is 0.495 e. The molecule has 7 nitrogen and oxygen atoms in total. The van der Waals surface area contributed by atoms with Gasteiger partial charge in [-0.1, -0.05) is 18.2 Å². The van der Waals surface area contributed by atoms with Crippen LogP contribution in [0.1, 0.15) is 38.5 Å². The van der Waals surface area contributed by atoms with Gasteiger partial charge in [0.05, 0.1) is 23.8 Å². The molecule has 34 heavy (non-hydrogen) atoms. The number of furan rings is 1. The van der Waals surface area contributed by atoms with Crippen molar-refractivity contribution in [1.82, 2.24) is 14.8 Å². The highest BCUT2D eigenvalue weighted by molar-refractivity contribution is 6.28. The van der Waals surface area contributed by atoms with Gasteiger partial charge in [0.1, 0.15) is 23.2 Å². The molecule has 174 valence electrons. The SMILES string of the molecule is COc1cc2c(cc1NC(=O)C13C[C@H]4C[C@H](C1)CC(n1cnc(Cl)n1)(C4)C3)oc1ccccc12. The number of nitrogens with zero attached hydrogens (tertiary/aromatic N) is 3. The van der Waals surface area contributed by atoms with Crippen LogP contribution in [0.15, 0.2) is 47.1 Å². The third-order valence-electron chi connectivity index (χ3n) is 8.41. The molecule has 0 spiro atoms. The molecule has 8 rings (SSSR count). The molecule has 2 atom stereocenters. The van der Waals surface area contributed by atoms with Gasteiger partial charge in [-0.3, -0.25) is 4.79 Å². The van der Waals surface area contributed by atoms with Crippen LogP contribution in [0.5, 0.6) is 5.75 Å². The average molecular weight is 477 g/mol. The minimum Gasteiger partial charge on any atom is -0.495 e. The Morgan fingerprint density at radius 3 is 2.68 bits per heavy atom. The van der Waals surface area contributed by atoms with E-state index in [1.165, 1.54) is 6.42 Å². The maximum Gasteiger partial charge on any atom is 0.242 e. The van der Waals surface area contributed by atoms with Gasteiger partial charge in [0, 0.05) is 16.8 Å². The van der Waals surface area contributed by atoms with E-state index >= 15 is 0 Å². The molecule has 2 aromatic carbocycles. The van der Waals surface area contributed by atoms with Gasteiger partial charge in [-0.15, -0.1) is 5.10 Å². The summed E-state index contributed by atoms with van der Waals surface area (Å²) < 4.78 is 13.7. The first-order valence-corrected chi connectivity index (χ1v) is 12.2. The van der Waals surface area contributed by atoms with E-state index in [4.69, 9.17) is 20.8 Å². The number of nitrogens with one attached hydrogen (secondary N) is 1. The number of benzene rings is 2. The Bertz CT molecular complexity index is 1440. The normalized spacial score (nSPS) is 29.7. The van der Waals surface area contributed by atoms with Crippen molar-refractivity contribution >= 4 is 45.1 Å². The van der Waals surface area contributed by atoms with Gasteiger partial charge < -0.3 is 14.5 Å². The van der Waals surface area contributed by atoms with Gasteiger partial charge >= 0.3 is 0 Å². The number of hydrogen-bond acceptors (Lipinski definition) is 5. The van der Waals surface area contributed by atoms with Crippen LogP contribution in [-0.2, 0) is 10.3 Å². The Labute approximate surface area is 201 Å². The monoisotopic (exact) mass is 476 g/mol. The number of rotatable bonds is 4. The lowest BCUT2D eigenvalue weighted by atomic mass is 9.46. The van der Waals surface area contributed by atoms with Crippen molar-refractivity contribution in [2.75, 3.05) is 12.4 Å². The Kier molecular flexibility index (Phi) is 4.17. The molecular formula is C26H25ClN4O3. The molecule has 1 amide bonds. The number of carbonyl (C=O) groups is 1. The molecule has 4 aliphatic carbocycles. The van der Waals surface area contributed by atoms with Crippen molar-refractivity contribution in [3.8, 4) is 5.75 Å². The van der Waals surface area contributed by atoms with Gasteiger partial charge in [0.2, 0.25) is 11.2 Å². The lowest BCUT2D eigenvalue weighted by Crippen LogP contribution is -2.60. The molecule has 4 aliphatic rings. The van der Waals surface area contributed by atoms with Gasteiger partial charge in [0.15, 0.2) is 0 Å². The second kappa shape index (κ2) is 6.98. The number of anilines is 1. The van der Waals surface area contributed by atoms with E-state index in [9.17, 15) is 4.79 Å². The quantitative estimate of drug-likeness (QED) is 0.404. The summed E-state index contributed by atoms with van der Waals surface area (Å²) >= 11 is 6.07. The highest BCUT2D eigenvalue weighted by Gasteiger charge is 2.61. The van der Waals surface area contributed by atoms with Crippen LogP contribution in [0.3, 0.4) is 0 Å². The zero-order valence-corrected chi connectivity index (χ0v) is 19.6. The summed E-state index contributed by atoms with van der Waals surface area (Å²) in [5, 5.41) is 9.97. The molecule has 0 saturated heterocycles. The summed E-state index contributed by atoms with van der Waals surface area (Å²) in [6.45, 7) is 0. The fraction of sp³-hybridized carbons (Fsp3) is 0.423. The Morgan fingerprint density at radius 1 is 1.15 bits per heavy atom. The minimum atomic E-state index is -0.434. The van der Waals surface area contributed by atoms with Crippen LogP contribution >= 0.6 is 11.6 Å². The highest BCUT2D eigenvalue weighted by Crippen LogP contribution is 2.64. The minimum absolute atomic E-state index is 0.0611. The molecule has 4 aromatic rings. The number of ether oxygens (including phenoxy) is 1. The molecule has 2 heterocycles. The number of amides is 1. The van der Waals surface area contributed by atoms with Crippen molar-refractivity contribution in [3.05, 3.63) is 48.0 Å². The zero-order valence-electron chi connectivity index (χ0n) is 18.9. The molecule has 2 aromatic heterocycles. The van der Waals surface area contributed by atoms with Crippen LogP contribution in [0, 0.1) is 17.3 Å². The summed E-state index contributed by atoms with van der Waals surface area (Å²) in [5.41, 5.74) is 1.58. The van der Waals surface area contributed by atoms with Gasteiger partial charge in [-0.25, -0.2) is 9.67 Å². The summed E-state index contributed by atoms with van der Waals surface area (Å²) in [7, 11) is 1.63. The van der Waals surface area contributed by atoms with Crippen molar-refractivity contribution in [1.29, 1.82) is 0 Å². The number of hydrogen-bond donors (Lipinski definition) is 1. The summed E-state index contributed by atoms with van der Waals surface area (Å²) in [4.78, 5) is 18.1. The molecule has 0 aliphatic heterocycles. The molecule has 4 saturated carbocycles. The van der Waals surface area contributed by atoms with Gasteiger partial charge in [-0.2, -0.15) is 0 Å². The molecular weight excluding hydrogens is 452 g/mol. The van der Waals surface area contributed by atoms with Crippen LogP contribution in [0.4, 0.5) is 5.69 Å². The van der Waals surface area contributed by atoms with Crippen LogP contribution in [-0.4, -0.2) is 27.8 Å². The number of carbonyl (C=O) groups excluding carboxylic acids is 1. The molecule has 0 unspecified atom stereocenters. The van der Waals surface area contributed by atoms with E-state index < -0.39 is 5.41 Å². The Balaban J connectivity index is 1.26. The lowest BCUT2D eigenvalue weighted by Gasteiger charge is -2.60. The summed E-state index contributed by atoms with van der Waals surface area (Å²) in [5.74, 6) is 1.71. The maximum absolute atomic E-state index is 14.0. The van der Waals surface area contributed by atoms with E-state index in [2.05, 4.69) is 15.4 Å². The first-order valence-electron chi connectivity index (χ1n) is 11.9. The maximum atomic E-state index is 14.0. The molecule has 1 N–H and O–H groups in total. The molecule has 4 bridgehead atoms. The summed E-state index contributed by atoms with van der Waals surface area (Å²) in [6.07, 6.45) is 7.57. The van der Waals surface area contributed by atoms with E-state index in [0.29, 0.717) is 23.3 Å². The Morgan fingerprint density at radius 2 is 1.94 bits per heavy atom. The van der Waals surface area contributed by atoms with Crippen molar-refractivity contribution < 1.29 is 13.9 Å². The number of halogens is 1. The number of fused-ring (bicyclic) bond motifs is 3. The molecule has 0 radical (unpaired) electrons. The van der Waals surface area contributed by atoms with Crippen molar-refractivity contribution in [2.45, 2.75) is 44.1 Å². The topological polar surface area (TPSA) is 82.2 Å². The third-order valence-corrected chi connectivity index (χ3v) is 8.58. The van der Waals surface area contributed by atoms with Crippen LogP contribution < -0.4 is 10.1 Å². The second-order valence-electron chi connectivity index (χ2n) is 10.5. The third kappa shape index (κ3) is 2.86. The van der Waals surface area contributed by atoms with E-state index in [1.54, 1.807) is 13.4 Å². The van der Waals surface area contributed by atoms with Gasteiger partial charge in [-0.05, 0) is 74.1 Å². The standard InChI is InChI=1S/C26H25ClN4O3/c1-33-22-7-18-17-4-2-3-5-20(17)34-21(18)8-19(22)29-23(32)25-9-15-6-16(10-25)12-26(11-15,13-25)31-14-28-24(27)30-31/h2-5,7-8,14-16H,6,9-13H2,1H3,(H,29,32)/t15-,16-,25?,26?/m1/s1. The zero-order chi connectivity index (χ0) is 23.1.